The van der Waals surface area contributed by atoms with Crippen molar-refractivity contribution >= 4 is 29.8 Å². The molecule has 2 saturated heterocycles. The lowest BCUT2D eigenvalue weighted by molar-refractivity contribution is 0.0601. The monoisotopic (exact) mass is 729 g/mol. The number of piperidine rings is 2. The van der Waals surface area contributed by atoms with Gasteiger partial charge in [-0.15, -0.1) is 11.3 Å². The second-order valence-corrected chi connectivity index (χ2v) is 13.0. The Balaban J connectivity index is 0.000000179. The Morgan fingerprint density at radius 3 is 2.13 bits per heavy atom. The predicted octanol–water partition coefficient (Wildman–Crippen LogP) is 6.13. The number of methoxy groups -OCH3 is 2. The molecule has 52 heavy (non-hydrogen) atoms. The number of halogens is 2. The first-order valence-corrected chi connectivity index (χ1v) is 18.0. The Labute approximate surface area is 306 Å². The van der Waals surface area contributed by atoms with E-state index >= 15 is 0 Å². The van der Waals surface area contributed by atoms with Crippen LogP contribution < -0.4 is 20.3 Å². The topological polar surface area (TPSA) is 130 Å². The first-order valence-electron chi connectivity index (χ1n) is 17.2. The number of pyridine rings is 2. The summed E-state index contributed by atoms with van der Waals surface area (Å²) >= 11 is 1.24. The minimum absolute atomic E-state index is 0.0596. The Morgan fingerprint density at radius 2 is 1.52 bits per heavy atom. The summed E-state index contributed by atoms with van der Waals surface area (Å²) in [4.78, 5) is 28.2. The molecule has 3 aromatic heterocycles. The summed E-state index contributed by atoms with van der Waals surface area (Å²) in [5.41, 5.74) is 2.46. The number of rotatable bonds is 7. The molecule has 2 aliphatic rings. The van der Waals surface area contributed by atoms with Gasteiger partial charge in [0.2, 0.25) is 0 Å². The molecule has 2 atom stereocenters. The number of aromatic nitrogens is 3. The van der Waals surface area contributed by atoms with Crippen molar-refractivity contribution in [1.29, 1.82) is 0 Å². The molecule has 2 aromatic carbocycles. The van der Waals surface area contributed by atoms with Crippen LogP contribution in [0.4, 0.5) is 8.78 Å². The number of thiazole rings is 1. The largest absolute Gasteiger partial charge is 0.497 e. The fraction of sp³-hybridized carbons (Fsp3) is 0.316. The molecule has 272 valence electrons. The SMILES string of the molecule is COc1cccc(F)c1-c1nc(C(=O)N2CCCC[C@H]2c2ccccn2)cs1.COc1cccc(F)c1B(O)O.c1ccc([C@@H]2CCCCN2)nc1. The van der Waals surface area contributed by atoms with E-state index in [4.69, 9.17) is 19.5 Å². The summed E-state index contributed by atoms with van der Waals surface area (Å²) in [7, 11) is 0.977. The highest BCUT2D eigenvalue weighted by Gasteiger charge is 2.31. The molecular weight excluding hydrogens is 687 g/mol. The van der Waals surface area contributed by atoms with E-state index in [-0.39, 0.29) is 28.7 Å². The molecule has 0 bridgehead atoms. The average molecular weight is 730 g/mol. The highest BCUT2D eigenvalue weighted by Crippen LogP contribution is 2.36. The molecule has 2 aliphatic heterocycles. The Bertz CT molecular complexity index is 1870. The maximum atomic E-state index is 14.4. The summed E-state index contributed by atoms with van der Waals surface area (Å²) in [5.74, 6) is -0.725. The number of carbonyl (C=O) groups excluding carboxylic acids is 1. The molecule has 1 amide bonds. The number of nitrogens with one attached hydrogen (secondary N) is 1. The Kier molecular flexibility index (Phi) is 14.2. The van der Waals surface area contributed by atoms with Gasteiger partial charge in [0, 0.05) is 30.4 Å². The molecule has 2 fully saturated rings. The number of hydrogen-bond donors (Lipinski definition) is 3. The molecule has 0 spiro atoms. The van der Waals surface area contributed by atoms with Crippen LogP contribution in [0, 0.1) is 11.6 Å². The van der Waals surface area contributed by atoms with Crippen LogP contribution in [0.25, 0.3) is 10.6 Å². The lowest BCUT2D eigenvalue weighted by atomic mass is 9.79. The van der Waals surface area contributed by atoms with Gasteiger partial charge in [0.25, 0.3) is 5.91 Å². The van der Waals surface area contributed by atoms with E-state index in [0.717, 1.165) is 37.6 Å². The van der Waals surface area contributed by atoms with Gasteiger partial charge in [-0.2, -0.15) is 0 Å². The van der Waals surface area contributed by atoms with Crippen molar-refractivity contribution < 1.29 is 33.1 Å². The second kappa shape index (κ2) is 19.2. The molecule has 5 heterocycles. The number of hydrogen-bond acceptors (Lipinski definition) is 10. The molecule has 0 saturated carbocycles. The molecule has 0 unspecified atom stereocenters. The first-order chi connectivity index (χ1) is 25.3. The molecule has 3 N–H and O–H groups in total. The van der Waals surface area contributed by atoms with Crippen molar-refractivity contribution in [2.75, 3.05) is 27.3 Å². The van der Waals surface area contributed by atoms with Gasteiger partial charge >= 0.3 is 7.12 Å². The van der Waals surface area contributed by atoms with E-state index in [1.54, 1.807) is 23.7 Å². The molecule has 10 nitrogen and oxygen atoms in total. The lowest BCUT2D eigenvalue weighted by Gasteiger charge is -2.35. The van der Waals surface area contributed by atoms with Crippen LogP contribution in [-0.2, 0) is 0 Å². The van der Waals surface area contributed by atoms with Crippen LogP contribution in [0.1, 0.15) is 72.5 Å². The van der Waals surface area contributed by atoms with Gasteiger partial charge in [0.05, 0.1) is 42.7 Å². The maximum Gasteiger partial charge on any atom is 0.495 e. The number of amides is 1. The van der Waals surface area contributed by atoms with Gasteiger partial charge in [-0.3, -0.25) is 14.8 Å². The zero-order valence-corrected chi connectivity index (χ0v) is 29.9. The summed E-state index contributed by atoms with van der Waals surface area (Å²) in [6, 6.07) is 21.0. The van der Waals surface area contributed by atoms with Crippen LogP contribution >= 0.6 is 11.3 Å². The lowest BCUT2D eigenvalue weighted by Crippen LogP contribution is -2.39. The molecule has 5 aromatic rings. The minimum atomic E-state index is -1.85. The van der Waals surface area contributed by atoms with Gasteiger partial charge in [0.15, 0.2) is 0 Å². The highest BCUT2D eigenvalue weighted by molar-refractivity contribution is 7.13. The summed E-state index contributed by atoms with van der Waals surface area (Å²) in [5, 5.41) is 23.1. The van der Waals surface area contributed by atoms with E-state index in [9.17, 15) is 13.6 Å². The number of ether oxygens (including phenoxy) is 2. The molecule has 14 heteroatoms. The van der Waals surface area contributed by atoms with E-state index in [2.05, 4.69) is 32.4 Å². The third kappa shape index (κ3) is 9.76. The quantitative estimate of drug-likeness (QED) is 0.170. The van der Waals surface area contributed by atoms with Crippen molar-refractivity contribution in [2.24, 2.45) is 0 Å². The van der Waals surface area contributed by atoms with E-state index < -0.39 is 18.8 Å². The van der Waals surface area contributed by atoms with Gasteiger partial charge in [-0.25, -0.2) is 13.8 Å². The molecule has 0 aliphatic carbocycles. The number of benzene rings is 2. The fourth-order valence-electron chi connectivity index (χ4n) is 6.20. The zero-order valence-electron chi connectivity index (χ0n) is 29.1. The van der Waals surface area contributed by atoms with Gasteiger partial charge in [-0.05, 0) is 87.2 Å². The summed E-state index contributed by atoms with van der Waals surface area (Å²) in [6.07, 6.45) is 10.4. The summed E-state index contributed by atoms with van der Waals surface area (Å²) in [6.45, 7) is 1.80. The number of nitrogens with zero attached hydrogens (tertiary/aromatic N) is 4. The van der Waals surface area contributed by atoms with Crippen LogP contribution in [-0.4, -0.2) is 70.2 Å². The zero-order chi connectivity index (χ0) is 36.9. The van der Waals surface area contributed by atoms with E-state index in [0.29, 0.717) is 29.0 Å². The minimum Gasteiger partial charge on any atom is -0.497 e. The van der Waals surface area contributed by atoms with Crippen molar-refractivity contribution in [3.8, 4) is 22.1 Å². The number of likely N-dealkylation sites (tertiary alicyclic amines) is 1. The third-order valence-electron chi connectivity index (χ3n) is 8.77. The fourth-order valence-corrected chi connectivity index (χ4v) is 7.05. The Hall–Kier alpha value is -4.76. The summed E-state index contributed by atoms with van der Waals surface area (Å²) < 4.78 is 37.2. The van der Waals surface area contributed by atoms with Crippen LogP contribution in [0.3, 0.4) is 0 Å². The van der Waals surface area contributed by atoms with Crippen molar-refractivity contribution in [3.05, 3.63) is 119 Å². The number of carbonyl (C=O) groups is 1. The van der Waals surface area contributed by atoms with Crippen molar-refractivity contribution in [3.63, 3.8) is 0 Å². The van der Waals surface area contributed by atoms with Crippen LogP contribution in [0.2, 0.25) is 0 Å². The maximum absolute atomic E-state index is 14.4. The molecule has 0 radical (unpaired) electrons. The van der Waals surface area contributed by atoms with E-state index in [1.807, 2.05) is 35.4 Å². The normalized spacial score (nSPS) is 16.8. The Morgan fingerprint density at radius 1 is 0.846 bits per heavy atom. The third-order valence-corrected chi connectivity index (χ3v) is 9.63. The van der Waals surface area contributed by atoms with Crippen molar-refractivity contribution in [1.82, 2.24) is 25.2 Å². The van der Waals surface area contributed by atoms with Gasteiger partial charge in [-0.1, -0.05) is 30.7 Å². The first kappa shape index (κ1) is 38.5. The van der Waals surface area contributed by atoms with Gasteiger partial charge in [0.1, 0.15) is 33.8 Å². The van der Waals surface area contributed by atoms with Gasteiger partial charge < -0.3 is 29.7 Å². The standard InChI is InChI=1S/C21H20FN3O2S.C10H14N2.C7H8BFO3/c1-27-18-10-6-7-14(22)19(18)20-24-16(13-28-20)21(26)25-12-5-3-9-17(25)15-8-2-4-11-23-15;1-3-7-11-9(5-1)10-6-2-4-8-12-10;1-12-6-4-2-3-5(9)7(6)8(10)11/h2,4,6-8,10-11,13,17H,3,5,9,12H2,1H3;1,3,5,7,10,12H,2,4,6,8H2;2-4,10-11H,1H3/t17-;10-;/m00./s1. The molecular formula is C38H42BF2N5O5S. The predicted molar refractivity (Wildman–Crippen MR) is 198 cm³/mol. The second-order valence-electron chi connectivity index (χ2n) is 12.1. The van der Waals surface area contributed by atoms with Crippen LogP contribution in [0.5, 0.6) is 11.5 Å². The smallest absolute Gasteiger partial charge is 0.495 e. The van der Waals surface area contributed by atoms with Crippen molar-refractivity contribution in [2.45, 2.75) is 50.6 Å². The molecule has 7 rings (SSSR count). The van der Waals surface area contributed by atoms with E-state index in [1.165, 1.54) is 68.7 Å². The average Bonchev–Trinajstić information content (AvgIpc) is 3.68. The highest BCUT2D eigenvalue weighted by atomic mass is 32.1. The van der Waals surface area contributed by atoms with Crippen LogP contribution in [0.15, 0.2) is 90.6 Å².